The van der Waals surface area contributed by atoms with Crippen LogP contribution in [0.25, 0.3) is 0 Å². The summed E-state index contributed by atoms with van der Waals surface area (Å²) in [5.74, 6) is 0.748. The van der Waals surface area contributed by atoms with E-state index < -0.39 is 0 Å². The van der Waals surface area contributed by atoms with Gasteiger partial charge in [0.2, 0.25) is 0 Å². The van der Waals surface area contributed by atoms with E-state index in [9.17, 15) is 0 Å². The van der Waals surface area contributed by atoms with Crippen molar-refractivity contribution >= 4 is 24.0 Å². The van der Waals surface area contributed by atoms with Crippen LogP contribution in [0, 0.1) is 0 Å². The SMILES string of the molecule is COCc1nc(CCN(C)C)sc1CS. The molecule has 0 fully saturated rings. The molecule has 0 unspecified atom stereocenters. The quantitative estimate of drug-likeness (QED) is 0.775. The maximum Gasteiger partial charge on any atom is 0.0945 e. The van der Waals surface area contributed by atoms with Gasteiger partial charge in [0.05, 0.1) is 17.3 Å². The molecule has 0 atom stereocenters. The van der Waals surface area contributed by atoms with E-state index in [1.54, 1.807) is 18.4 Å². The molecule has 0 aromatic carbocycles. The Bertz CT molecular complexity index is 300. The third-order valence-corrected chi connectivity index (χ3v) is 3.71. The molecule has 1 heterocycles. The number of aromatic nitrogens is 1. The zero-order valence-electron chi connectivity index (χ0n) is 9.49. The predicted octanol–water partition coefficient (Wildman–Crippen LogP) is 1.82. The van der Waals surface area contributed by atoms with Gasteiger partial charge in [-0.25, -0.2) is 4.98 Å². The van der Waals surface area contributed by atoms with Crippen LogP contribution in [0.3, 0.4) is 0 Å². The minimum atomic E-state index is 0.592. The zero-order chi connectivity index (χ0) is 11.3. The summed E-state index contributed by atoms with van der Waals surface area (Å²) >= 11 is 6.05. The third-order valence-electron chi connectivity index (χ3n) is 2.02. The lowest BCUT2D eigenvalue weighted by atomic mass is 10.4. The Morgan fingerprint density at radius 2 is 2.20 bits per heavy atom. The molecule has 1 rings (SSSR count). The standard InChI is InChI=1S/C10H18N2OS2/c1-12(2)5-4-10-11-8(6-13-3)9(7-14)15-10/h14H,4-7H2,1-3H3. The fourth-order valence-corrected chi connectivity index (χ4v) is 2.53. The zero-order valence-corrected chi connectivity index (χ0v) is 11.2. The van der Waals surface area contributed by atoms with Gasteiger partial charge in [0.15, 0.2) is 0 Å². The van der Waals surface area contributed by atoms with Crippen molar-refractivity contribution in [2.24, 2.45) is 0 Å². The van der Waals surface area contributed by atoms with Crippen LogP contribution >= 0.6 is 24.0 Å². The molecule has 0 amide bonds. The molecular weight excluding hydrogens is 228 g/mol. The highest BCUT2D eigenvalue weighted by molar-refractivity contribution is 7.79. The molecule has 0 saturated heterocycles. The first-order valence-corrected chi connectivity index (χ1v) is 6.34. The Balaban J connectivity index is 2.65. The number of nitrogens with zero attached hydrogens (tertiary/aromatic N) is 2. The number of rotatable bonds is 6. The normalized spacial score (nSPS) is 11.3. The summed E-state index contributed by atoms with van der Waals surface area (Å²) in [5, 5.41) is 1.18. The van der Waals surface area contributed by atoms with E-state index in [0.29, 0.717) is 6.61 Å². The average Bonchev–Trinajstić information content (AvgIpc) is 2.58. The molecule has 1 aromatic rings. The van der Waals surface area contributed by atoms with Crippen molar-refractivity contribution in [3.05, 3.63) is 15.6 Å². The molecule has 0 N–H and O–H groups in total. The van der Waals surface area contributed by atoms with Crippen LogP contribution in [0.1, 0.15) is 15.6 Å². The smallest absolute Gasteiger partial charge is 0.0945 e. The molecule has 3 nitrogen and oxygen atoms in total. The van der Waals surface area contributed by atoms with Crippen molar-refractivity contribution in [3.63, 3.8) is 0 Å². The largest absolute Gasteiger partial charge is 0.378 e. The fourth-order valence-electron chi connectivity index (χ4n) is 1.24. The second kappa shape index (κ2) is 6.48. The van der Waals surface area contributed by atoms with Gasteiger partial charge in [-0.05, 0) is 14.1 Å². The summed E-state index contributed by atoms with van der Waals surface area (Å²) in [4.78, 5) is 7.96. The minimum Gasteiger partial charge on any atom is -0.378 e. The van der Waals surface area contributed by atoms with Crippen LogP contribution in [0.2, 0.25) is 0 Å². The fraction of sp³-hybridized carbons (Fsp3) is 0.700. The Morgan fingerprint density at radius 1 is 1.47 bits per heavy atom. The van der Waals surface area contributed by atoms with Crippen molar-refractivity contribution in [2.75, 3.05) is 27.7 Å². The molecule has 0 aliphatic rings. The van der Waals surface area contributed by atoms with Gasteiger partial charge in [-0.15, -0.1) is 11.3 Å². The van der Waals surface area contributed by atoms with Gasteiger partial charge in [0.25, 0.3) is 0 Å². The van der Waals surface area contributed by atoms with Gasteiger partial charge in [0.1, 0.15) is 0 Å². The number of likely N-dealkylation sites (N-methyl/N-ethyl adjacent to an activating group) is 1. The first kappa shape index (κ1) is 13.0. The van der Waals surface area contributed by atoms with E-state index >= 15 is 0 Å². The van der Waals surface area contributed by atoms with Crippen LogP contribution < -0.4 is 0 Å². The molecule has 86 valence electrons. The van der Waals surface area contributed by atoms with Crippen molar-refractivity contribution in [1.29, 1.82) is 0 Å². The van der Waals surface area contributed by atoms with E-state index in [1.807, 2.05) is 0 Å². The van der Waals surface area contributed by atoms with Crippen LogP contribution in [0.5, 0.6) is 0 Å². The molecular formula is C10H18N2OS2. The van der Waals surface area contributed by atoms with Gasteiger partial charge in [-0.2, -0.15) is 12.6 Å². The Morgan fingerprint density at radius 3 is 2.73 bits per heavy atom. The molecule has 5 heteroatoms. The number of hydrogen-bond acceptors (Lipinski definition) is 5. The van der Waals surface area contributed by atoms with Crippen molar-refractivity contribution in [3.8, 4) is 0 Å². The number of thiazole rings is 1. The first-order chi connectivity index (χ1) is 7.17. The second-order valence-corrected chi connectivity index (χ2v) is 5.11. The molecule has 0 radical (unpaired) electrons. The maximum atomic E-state index is 5.11. The Kier molecular flexibility index (Phi) is 5.60. The van der Waals surface area contributed by atoms with Crippen LogP contribution in [-0.2, 0) is 23.5 Å². The van der Waals surface area contributed by atoms with E-state index in [1.165, 1.54) is 9.88 Å². The van der Waals surface area contributed by atoms with Crippen molar-refractivity contribution in [2.45, 2.75) is 18.8 Å². The summed E-state index contributed by atoms with van der Waals surface area (Å²) in [6.45, 7) is 1.63. The summed E-state index contributed by atoms with van der Waals surface area (Å²) in [6.07, 6.45) is 1.00. The summed E-state index contributed by atoms with van der Waals surface area (Å²) in [6, 6.07) is 0. The van der Waals surface area contributed by atoms with Crippen molar-refractivity contribution in [1.82, 2.24) is 9.88 Å². The van der Waals surface area contributed by atoms with Gasteiger partial charge in [-0.1, -0.05) is 0 Å². The molecule has 0 spiro atoms. The molecule has 0 saturated carbocycles. The Hall–Kier alpha value is -0.100. The van der Waals surface area contributed by atoms with E-state index in [-0.39, 0.29) is 0 Å². The lowest BCUT2D eigenvalue weighted by Gasteiger charge is -2.06. The van der Waals surface area contributed by atoms with Gasteiger partial charge in [0, 0.05) is 30.7 Å². The van der Waals surface area contributed by atoms with E-state index in [0.717, 1.165) is 24.4 Å². The number of methoxy groups -OCH3 is 1. The predicted molar refractivity (Wildman–Crippen MR) is 67.8 cm³/mol. The maximum absolute atomic E-state index is 5.11. The second-order valence-electron chi connectivity index (χ2n) is 3.62. The van der Waals surface area contributed by atoms with Crippen molar-refractivity contribution < 1.29 is 4.74 Å². The molecule has 15 heavy (non-hydrogen) atoms. The lowest BCUT2D eigenvalue weighted by Crippen LogP contribution is -2.14. The highest BCUT2D eigenvalue weighted by Crippen LogP contribution is 2.21. The highest BCUT2D eigenvalue weighted by atomic mass is 32.1. The summed E-state index contributed by atoms with van der Waals surface area (Å²) < 4.78 is 5.11. The number of thiol groups is 1. The minimum absolute atomic E-state index is 0.592. The van der Waals surface area contributed by atoms with E-state index in [4.69, 9.17) is 4.74 Å². The molecule has 0 aliphatic carbocycles. The van der Waals surface area contributed by atoms with Gasteiger partial charge < -0.3 is 9.64 Å². The topological polar surface area (TPSA) is 25.4 Å². The van der Waals surface area contributed by atoms with Gasteiger partial charge >= 0.3 is 0 Å². The highest BCUT2D eigenvalue weighted by Gasteiger charge is 2.09. The molecule has 1 aromatic heterocycles. The van der Waals surface area contributed by atoms with Crippen LogP contribution in [0.15, 0.2) is 0 Å². The van der Waals surface area contributed by atoms with Gasteiger partial charge in [-0.3, -0.25) is 0 Å². The molecule has 0 bridgehead atoms. The monoisotopic (exact) mass is 246 g/mol. The summed E-state index contributed by atoms with van der Waals surface area (Å²) in [5.41, 5.74) is 1.05. The average molecular weight is 246 g/mol. The van der Waals surface area contributed by atoms with E-state index in [2.05, 4.69) is 36.6 Å². The first-order valence-electron chi connectivity index (χ1n) is 4.89. The lowest BCUT2D eigenvalue weighted by molar-refractivity contribution is 0.181. The van der Waals surface area contributed by atoms with Crippen LogP contribution in [-0.4, -0.2) is 37.6 Å². The summed E-state index contributed by atoms with van der Waals surface area (Å²) in [7, 11) is 5.84. The Labute approximate surface area is 101 Å². The molecule has 0 aliphatic heterocycles. The van der Waals surface area contributed by atoms with Crippen LogP contribution in [0.4, 0.5) is 0 Å². The number of ether oxygens (including phenoxy) is 1. The third kappa shape index (κ3) is 4.10. The number of hydrogen-bond donors (Lipinski definition) is 1.